The molecule has 0 amide bonds. The first-order valence-corrected chi connectivity index (χ1v) is 22.0. The maximum Gasteiger partial charge on any atom is 0.472 e. The number of hydrogen-bond acceptors (Lipinski definition) is 9. The number of quaternary nitrogens is 1. The van der Waals surface area contributed by atoms with E-state index in [9.17, 15) is 14.3 Å². The number of esters is 1. The summed E-state index contributed by atoms with van der Waals surface area (Å²) in [4.78, 5) is 21.3. The Balaban J connectivity index is 0. The van der Waals surface area contributed by atoms with Gasteiger partial charge in [-0.05, 0) is 38.8 Å². The number of nitrogens with zero attached hydrogens (tertiary/aromatic N) is 1. The molecule has 0 aliphatic carbocycles. The number of hydrogen-bond donors (Lipinski definition) is 3. The summed E-state index contributed by atoms with van der Waals surface area (Å²) in [7, 11) is 3.57. The van der Waals surface area contributed by atoms with Crippen molar-refractivity contribution in [1.29, 1.82) is 0 Å². The second-order valence-electron chi connectivity index (χ2n) is 14.6. The van der Waals surface area contributed by atoms with Crippen molar-refractivity contribution in [2.75, 3.05) is 94.1 Å². The molecule has 0 bridgehead atoms. The molecule has 0 saturated carbocycles. The quantitative estimate of drug-likeness (QED) is 0.0243. The van der Waals surface area contributed by atoms with Crippen molar-refractivity contribution in [3.63, 3.8) is 0 Å². The second kappa shape index (κ2) is 40.6. The summed E-state index contributed by atoms with van der Waals surface area (Å²) in [5.74, 6) is -0.209. The van der Waals surface area contributed by atoms with Crippen molar-refractivity contribution in [3.05, 3.63) is 0 Å². The van der Waals surface area contributed by atoms with Gasteiger partial charge in [-0.15, -0.1) is 0 Å². The highest BCUT2D eigenvalue weighted by atomic mass is 31.2. The zero-order chi connectivity index (χ0) is 38.2. The summed E-state index contributed by atoms with van der Waals surface area (Å²) >= 11 is 0. The van der Waals surface area contributed by atoms with E-state index in [2.05, 4.69) is 12.2 Å². The number of methoxy groups -OCH3 is 1. The highest BCUT2D eigenvalue weighted by Crippen LogP contribution is 2.43. The SMILES string of the molecule is CCCCCCCCCCCCCCCC(=O)OCCCOP(=O)(O)OCC[N+](C)(C)C.COCCOCCCNCCCCCCCCCO. The van der Waals surface area contributed by atoms with Gasteiger partial charge < -0.3 is 34.0 Å². The van der Waals surface area contributed by atoms with Crippen molar-refractivity contribution in [2.45, 2.75) is 155 Å². The third-order valence-corrected chi connectivity index (χ3v) is 9.41. The van der Waals surface area contributed by atoms with E-state index in [4.69, 9.17) is 28.4 Å². The molecule has 1 atom stereocenters. The summed E-state index contributed by atoms with van der Waals surface area (Å²) in [5, 5.41) is 12.1. The van der Waals surface area contributed by atoms with Crippen molar-refractivity contribution in [2.24, 2.45) is 0 Å². The number of unbranched alkanes of at least 4 members (excludes halogenated alkanes) is 18. The average Bonchev–Trinajstić information content (AvgIpc) is 3.08. The van der Waals surface area contributed by atoms with Crippen LogP contribution in [0.5, 0.6) is 0 Å². The van der Waals surface area contributed by atoms with Crippen LogP contribution in [0.25, 0.3) is 0 Å². The molecule has 0 aliphatic heterocycles. The lowest BCUT2D eigenvalue weighted by Crippen LogP contribution is -2.37. The molecule has 0 rings (SSSR count). The van der Waals surface area contributed by atoms with E-state index < -0.39 is 7.82 Å². The molecule has 0 heterocycles. The molecule has 12 heteroatoms. The molecule has 0 aromatic heterocycles. The van der Waals surface area contributed by atoms with Gasteiger partial charge >= 0.3 is 13.8 Å². The van der Waals surface area contributed by atoms with Gasteiger partial charge in [-0.1, -0.05) is 116 Å². The predicted octanol–water partition coefficient (Wildman–Crippen LogP) is 8.59. The molecule has 0 radical (unpaired) electrons. The third-order valence-electron chi connectivity index (χ3n) is 8.39. The molecule has 3 N–H and O–H groups in total. The molecule has 51 heavy (non-hydrogen) atoms. The first-order chi connectivity index (χ1) is 24.6. The van der Waals surface area contributed by atoms with Crippen molar-refractivity contribution in [3.8, 4) is 0 Å². The standard InChI is InChI=1S/C24H50NO6P.C15H33NO3/c1-5-6-7-8-9-10-11-12-13-14-15-16-17-19-24(26)29-21-18-22-30-32(27,28)31-23-20-25(2,3)4;1-18-14-15-19-13-9-11-16-10-7-5-3-2-4-6-8-12-17/h5-23H2,1-4H3;16-17H,2-15H2,1H3/p+1. The van der Waals surface area contributed by atoms with E-state index >= 15 is 0 Å². The Morgan fingerprint density at radius 1 is 0.608 bits per heavy atom. The Morgan fingerprint density at radius 3 is 1.67 bits per heavy atom. The fourth-order valence-electron chi connectivity index (χ4n) is 5.17. The monoisotopic (exact) mass is 756 g/mol. The number of carbonyl (C=O) groups is 1. The Kier molecular flexibility index (Phi) is 41.7. The number of phosphoric acid groups is 1. The fraction of sp³-hybridized carbons (Fsp3) is 0.974. The van der Waals surface area contributed by atoms with Gasteiger partial charge in [0.05, 0.1) is 47.6 Å². The smallest absolute Gasteiger partial charge is 0.466 e. The van der Waals surface area contributed by atoms with E-state index in [1.807, 2.05) is 21.1 Å². The zero-order valence-electron chi connectivity index (χ0n) is 34.0. The van der Waals surface area contributed by atoms with Crippen molar-refractivity contribution in [1.82, 2.24) is 5.32 Å². The summed E-state index contributed by atoms with van der Waals surface area (Å²) in [6.07, 6.45) is 27.1. The number of nitrogens with one attached hydrogen (secondary N) is 1. The molecule has 0 aromatic carbocycles. The van der Waals surface area contributed by atoms with E-state index in [0.717, 1.165) is 45.4 Å². The van der Waals surface area contributed by atoms with Crippen LogP contribution in [0.1, 0.15) is 155 Å². The summed E-state index contributed by atoms with van der Waals surface area (Å²) in [6, 6.07) is 0. The van der Waals surface area contributed by atoms with E-state index in [1.165, 1.54) is 109 Å². The highest BCUT2D eigenvalue weighted by molar-refractivity contribution is 7.47. The normalized spacial score (nSPS) is 12.8. The Morgan fingerprint density at radius 2 is 1.12 bits per heavy atom. The molecule has 0 saturated heterocycles. The molecule has 0 aromatic rings. The van der Waals surface area contributed by atoms with Crippen LogP contribution in [0.3, 0.4) is 0 Å². The fourth-order valence-corrected chi connectivity index (χ4v) is 5.91. The van der Waals surface area contributed by atoms with Crippen LogP contribution >= 0.6 is 7.82 Å². The first kappa shape index (κ1) is 52.5. The maximum atomic E-state index is 11.7. The molecule has 0 aliphatic rings. The van der Waals surface area contributed by atoms with Gasteiger partial charge in [0.15, 0.2) is 0 Å². The highest BCUT2D eigenvalue weighted by Gasteiger charge is 2.22. The Labute approximate surface area is 314 Å². The molecule has 11 nitrogen and oxygen atoms in total. The largest absolute Gasteiger partial charge is 0.472 e. The van der Waals surface area contributed by atoms with Crippen LogP contribution in [0.4, 0.5) is 0 Å². The van der Waals surface area contributed by atoms with Gasteiger partial charge in [0.1, 0.15) is 13.2 Å². The Hall–Kier alpha value is -0.620. The van der Waals surface area contributed by atoms with Crippen LogP contribution in [0.15, 0.2) is 0 Å². The number of phosphoric ester groups is 1. The van der Waals surface area contributed by atoms with Gasteiger partial charge in [0.2, 0.25) is 0 Å². The number of likely N-dealkylation sites (N-methyl/N-ethyl adjacent to an activating group) is 1. The van der Waals surface area contributed by atoms with E-state index in [1.54, 1.807) is 7.11 Å². The third kappa shape index (κ3) is 49.4. The lowest BCUT2D eigenvalue weighted by Gasteiger charge is -2.24. The molecular formula is C39H84N2O9P+. The first-order valence-electron chi connectivity index (χ1n) is 20.5. The van der Waals surface area contributed by atoms with Crippen molar-refractivity contribution < 1.29 is 47.1 Å². The van der Waals surface area contributed by atoms with Gasteiger partial charge in [-0.2, -0.15) is 0 Å². The van der Waals surface area contributed by atoms with Crippen LogP contribution < -0.4 is 5.32 Å². The lowest BCUT2D eigenvalue weighted by molar-refractivity contribution is -0.870. The predicted molar refractivity (Wildman–Crippen MR) is 210 cm³/mol. The summed E-state index contributed by atoms with van der Waals surface area (Å²) in [6.45, 7) is 7.93. The number of aliphatic hydroxyl groups excluding tert-OH is 1. The number of aliphatic hydroxyl groups is 1. The number of rotatable bonds is 39. The van der Waals surface area contributed by atoms with Crippen LogP contribution in [0.2, 0.25) is 0 Å². The average molecular weight is 756 g/mol. The van der Waals surface area contributed by atoms with Gasteiger partial charge in [-0.25, -0.2) is 4.57 Å². The van der Waals surface area contributed by atoms with Gasteiger partial charge in [0.25, 0.3) is 0 Å². The minimum Gasteiger partial charge on any atom is -0.466 e. The molecule has 0 spiro atoms. The second-order valence-corrected chi connectivity index (χ2v) is 16.1. The number of carbonyl (C=O) groups excluding carboxylic acids is 1. The molecular weight excluding hydrogens is 671 g/mol. The molecule has 308 valence electrons. The van der Waals surface area contributed by atoms with Gasteiger partial charge in [0, 0.05) is 33.2 Å². The lowest BCUT2D eigenvalue weighted by atomic mass is 10.0. The van der Waals surface area contributed by atoms with Crippen LogP contribution in [-0.4, -0.2) is 115 Å². The Bertz CT molecular complexity index is 741. The van der Waals surface area contributed by atoms with Crippen molar-refractivity contribution >= 4 is 13.8 Å². The summed E-state index contributed by atoms with van der Waals surface area (Å²) in [5.41, 5.74) is 0. The minimum atomic E-state index is -4.04. The van der Waals surface area contributed by atoms with E-state index in [-0.39, 0.29) is 25.8 Å². The van der Waals surface area contributed by atoms with E-state index in [0.29, 0.717) is 43.7 Å². The number of ether oxygens (including phenoxy) is 3. The van der Waals surface area contributed by atoms with Gasteiger partial charge in [-0.3, -0.25) is 13.8 Å². The molecule has 1 unspecified atom stereocenters. The molecule has 0 fully saturated rings. The topological polar surface area (TPSA) is 133 Å². The van der Waals surface area contributed by atoms with Crippen LogP contribution in [-0.2, 0) is 32.6 Å². The summed E-state index contributed by atoms with van der Waals surface area (Å²) < 4.78 is 37.6. The minimum absolute atomic E-state index is 0.0180. The zero-order valence-corrected chi connectivity index (χ0v) is 34.9. The maximum absolute atomic E-state index is 11.7. The van der Waals surface area contributed by atoms with Crippen LogP contribution in [0, 0.1) is 0 Å².